The smallest absolute Gasteiger partial charge is 0.340 e. The Labute approximate surface area is 126 Å². The van der Waals surface area contributed by atoms with E-state index in [1.54, 1.807) is 0 Å². The fourth-order valence-corrected chi connectivity index (χ4v) is 2.90. The van der Waals surface area contributed by atoms with Crippen LogP contribution in [0.15, 0.2) is 6.07 Å². The predicted octanol–water partition coefficient (Wildman–Crippen LogP) is 1.61. The highest BCUT2D eigenvalue weighted by Crippen LogP contribution is 2.29. The maximum absolute atomic E-state index is 11.5. The van der Waals surface area contributed by atoms with Crippen molar-refractivity contribution in [1.82, 2.24) is 4.98 Å². The Morgan fingerprint density at radius 3 is 2.81 bits per heavy atom. The summed E-state index contributed by atoms with van der Waals surface area (Å²) in [5.74, 6) is -0.0187. The first-order chi connectivity index (χ1) is 10.1. The molecule has 0 radical (unpaired) electrons. The van der Waals surface area contributed by atoms with Gasteiger partial charge in [0.15, 0.2) is 0 Å². The highest BCUT2D eigenvalue weighted by atomic mass is 35.5. The number of carbonyl (C=O) groups excluding carboxylic acids is 2. The molecule has 7 heteroatoms. The second kappa shape index (κ2) is 5.34. The molecule has 1 aromatic rings. The summed E-state index contributed by atoms with van der Waals surface area (Å²) in [6.07, 6.45) is 1.28. The van der Waals surface area contributed by atoms with E-state index in [0.29, 0.717) is 48.6 Å². The molecule has 3 heterocycles. The number of esters is 1. The lowest BCUT2D eigenvalue weighted by molar-refractivity contribution is -0.115. The van der Waals surface area contributed by atoms with Crippen LogP contribution >= 0.6 is 11.6 Å². The Morgan fingerprint density at radius 2 is 2.19 bits per heavy atom. The molecule has 0 aliphatic carbocycles. The Morgan fingerprint density at radius 1 is 1.48 bits per heavy atom. The van der Waals surface area contributed by atoms with Crippen LogP contribution in [-0.4, -0.2) is 29.3 Å². The molecule has 2 aliphatic rings. The quantitative estimate of drug-likeness (QED) is 0.609. The van der Waals surface area contributed by atoms with Gasteiger partial charge < -0.3 is 9.64 Å². The van der Waals surface area contributed by atoms with Gasteiger partial charge in [0.2, 0.25) is 5.24 Å². The third-order valence-corrected chi connectivity index (χ3v) is 4.19. The summed E-state index contributed by atoms with van der Waals surface area (Å²) in [6, 6.07) is 3.61. The van der Waals surface area contributed by atoms with Crippen LogP contribution < -0.4 is 4.90 Å². The van der Waals surface area contributed by atoms with Gasteiger partial charge in [-0.15, -0.1) is 0 Å². The lowest BCUT2D eigenvalue weighted by Crippen LogP contribution is -2.36. The molecule has 0 spiro atoms. The monoisotopic (exact) mass is 305 g/mol. The molecule has 1 aromatic heterocycles. The third kappa shape index (κ3) is 2.45. The van der Waals surface area contributed by atoms with Gasteiger partial charge in [0.1, 0.15) is 18.5 Å². The Bertz CT molecular complexity index is 660. The first-order valence-corrected chi connectivity index (χ1v) is 7.03. The Hall–Kier alpha value is -2.13. The zero-order chi connectivity index (χ0) is 15.0. The van der Waals surface area contributed by atoms with Crippen molar-refractivity contribution in [2.75, 3.05) is 18.0 Å². The lowest BCUT2D eigenvalue weighted by Gasteiger charge is -2.31. The van der Waals surface area contributed by atoms with E-state index < -0.39 is 5.97 Å². The molecule has 0 saturated carbocycles. The molecule has 0 aromatic carbocycles. The van der Waals surface area contributed by atoms with Gasteiger partial charge >= 0.3 is 5.97 Å². The van der Waals surface area contributed by atoms with E-state index in [0.717, 1.165) is 0 Å². The summed E-state index contributed by atoms with van der Waals surface area (Å²) in [4.78, 5) is 29.0. The number of cyclic esters (lactones) is 1. The summed E-state index contributed by atoms with van der Waals surface area (Å²) in [6.45, 7) is 1.36. The molecule has 1 saturated heterocycles. The first-order valence-electron chi connectivity index (χ1n) is 6.65. The van der Waals surface area contributed by atoms with E-state index in [9.17, 15) is 14.9 Å². The van der Waals surface area contributed by atoms with Crippen molar-refractivity contribution in [1.29, 1.82) is 5.26 Å². The summed E-state index contributed by atoms with van der Waals surface area (Å²) >= 11 is 5.52. The van der Waals surface area contributed by atoms with Crippen LogP contribution in [0.2, 0.25) is 0 Å². The summed E-state index contributed by atoms with van der Waals surface area (Å²) in [5.41, 5.74) is 1.27. The largest absolute Gasteiger partial charge is 0.455 e. The molecule has 1 fully saturated rings. The zero-order valence-electron chi connectivity index (χ0n) is 11.1. The van der Waals surface area contributed by atoms with E-state index in [-0.39, 0.29) is 17.8 Å². The minimum Gasteiger partial charge on any atom is -0.455 e. The number of hydrogen-bond donors (Lipinski definition) is 0. The number of ether oxygens (including phenoxy) is 1. The van der Waals surface area contributed by atoms with Gasteiger partial charge in [-0.2, -0.15) is 5.26 Å². The van der Waals surface area contributed by atoms with Crippen LogP contribution in [0.25, 0.3) is 0 Å². The van der Waals surface area contributed by atoms with E-state index in [4.69, 9.17) is 16.3 Å². The normalized spacial score (nSPS) is 18.1. The van der Waals surface area contributed by atoms with Gasteiger partial charge in [-0.25, -0.2) is 9.78 Å². The summed E-state index contributed by atoms with van der Waals surface area (Å²) in [7, 11) is 0. The van der Waals surface area contributed by atoms with Crippen LogP contribution in [0.3, 0.4) is 0 Å². The predicted molar refractivity (Wildman–Crippen MR) is 73.9 cm³/mol. The van der Waals surface area contributed by atoms with Crippen molar-refractivity contribution in [3.63, 3.8) is 0 Å². The molecule has 2 aliphatic heterocycles. The lowest BCUT2D eigenvalue weighted by atomic mass is 9.98. The average Bonchev–Trinajstić information content (AvgIpc) is 2.86. The second-order valence-corrected chi connectivity index (χ2v) is 5.48. The number of carbonyl (C=O) groups is 2. The number of nitrogens with zero attached hydrogens (tertiary/aromatic N) is 3. The molecule has 0 bridgehead atoms. The summed E-state index contributed by atoms with van der Waals surface area (Å²) in [5, 5.41) is 8.95. The molecule has 0 atom stereocenters. The van der Waals surface area contributed by atoms with Gasteiger partial charge in [0, 0.05) is 19.0 Å². The standard InChI is InChI=1S/C14H12ClN3O3/c15-12(19)8-1-3-18(4-2-8)13-9(6-16)5-10-11(17-13)7-21-14(10)20/h5,8H,1-4,7H2. The fraction of sp³-hybridized carbons (Fsp3) is 0.429. The molecular weight excluding hydrogens is 294 g/mol. The molecule has 0 amide bonds. The number of rotatable bonds is 2. The van der Waals surface area contributed by atoms with E-state index in [1.807, 2.05) is 4.90 Å². The number of pyridine rings is 1. The molecule has 0 N–H and O–H groups in total. The van der Waals surface area contributed by atoms with E-state index in [1.165, 1.54) is 6.07 Å². The number of nitriles is 1. The van der Waals surface area contributed by atoms with Crippen molar-refractivity contribution < 1.29 is 14.3 Å². The van der Waals surface area contributed by atoms with E-state index >= 15 is 0 Å². The summed E-state index contributed by atoms with van der Waals surface area (Å²) < 4.78 is 4.92. The maximum Gasteiger partial charge on any atom is 0.340 e. The van der Waals surface area contributed by atoms with Crippen molar-refractivity contribution >= 4 is 28.6 Å². The van der Waals surface area contributed by atoms with Crippen LogP contribution in [0, 0.1) is 17.2 Å². The molecule has 108 valence electrons. The number of halogens is 1. The Balaban J connectivity index is 1.88. The van der Waals surface area contributed by atoms with Gasteiger partial charge in [-0.3, -0.25) is 4.79 Å². The van der Waals surface area contributed by atoms with E-state index in [2.05, 4.69) is 11.1 Å². The van der Waals surface area contributed by atoms with Gasteiger partial charge in [-0.1, -0.05) is 0 Å². The van der Waals surface area contributed by atoms with Crippen LogP contribution in [0.4, 0.5) is 5.82 Å². The van der Waals surface area contributed by atoms with Crippen LogP contribution in [0.1, 0.15) is 34.5 Å². The van der Waals surface area contributed by atoms with Crippen molar-refractivity contribution in [2.45, 2.75) is 19.4 Å². The highest BCUT2D eigenvalue weighted by Gasteiger charge is 2.29. The van der Waals surface area contributed by atoms with Crippen LogP contribution in [-0.2, 0) is 16.1 Å². The van der Waals surface area contributed by atoms with Crippen molar-refractivity contribution in [3.05, 3.63) is 22.9 Å². The van der Waals surface area contributed by atoms with Gasteiger partial charge in [0.05, 0.1) is 16.8 Å². The van der Waals surface area contributed by atoms with Crippen LogP contribution in [0.5, 0.6) is 0 Å². The second-order valence-electron chi connectivity index (χ2n) is 5.11. The van der Waals surface area contributed by atoms with Gasteiger partial charge in [0.25, 0.3) is 0 Å². The molecular formula is C14H12ClN3O3. The average molecular weight is 306 g/mol. The first kappa shape index (κ1) is 13.8. The van der Waals surface area contributed by atoms with Crippen molar-refractivity contribution in [3.8, 4) is 6.07 Å². The number of aromatic nitrogens is 1. The molecule has 21 heavy (non-hydrogen) atoms. The maximum atomic E-state index is 11.5. The number of hydrogen-bond acceptors (Lipinski definition) is 6. The number of anilines is 1. The minimum atomic E-state index is -0.438. The molecule has 0 unspecified atom stereocenters. The minimum absolute atomic E-state index is 0.132. The number of piperidine rings is 1. The fourth-order valence-electron chi connectivity index (χ4n) is 2.68. The third-order valence-electron chi connectivity index (χ3n) is 3.88. The number of fused-ring (bicyclic) bond motifs is 1. The SMILES string of the molecule is N#Cc1cc2c(nc1N1CCC(C(=O)Cl)CC1)COC2=O. The Kier molecular flexibility index (Phi) is 3.52. The molecule has 6 nitrogen and oxygen atoms in total. The van der Waals surface area contributed by atoms with Gasteiger partial charge in [-0.05, 0) is 30.5 Å². The van der Waals surface area contributed by atoms with Crippen molar-refractivity contribution in [2.24, 2.45) is 5.92 Å². The topological polar surface area (TPSA) is 83.3 Å². The molecule has 3 rings (SSSR count). The highest BCUT2D eigenvalue weighted by molar-refractivity contribution is 6.64. The zero-order valence-corrected chi connectivity index (χ0v) is 11.9.